The number of carbonyl (C=O) groups excluding carboxylic acids is 2. The molecule has 0 saturated heterocycles. The first-order chi connectivity index (χ1) is 10.7. The maximum atomic E-state index is 12.2. The molecule has 6 nitrogen and oxygen atoms in total. The molecule has 7 heteroatoms. The maximum Gasteiger partial charge on any atom is 0.261 e. The first-order valence-electron chi connectivity index (χ1n) is 7.60. The van der Waals surface area contributed by atoms with Gasteiger partial charge in [-0.25, -0.2) is 0 Å². The third-order valence-corrected chi connectivity index (χ3v) is 3.98. The Morgan fingerprint density at radius 2 is 1.78 bits per heavy atom. The van der Waals surface area contributed by atoms with Gasteiger partial charge in [0.2, 0.25) is 0 Å². The van der Waals surface area contributed by atoms with Gasteiger partial charge in [0.25, 0.3) is 11.8 Å². The summed E-state index contributed by atoms with van der Waals surface area (Å²) in [7, 11) is 1.71. The summed E-state index contributed by atoms with van der Waals surface area (Å²) in [6, 6.07) is 6.93. The van der Waals surface area contributed by atoms with Crippen LogP contribution in [0.1, 0.15) is 33.6 Å². The monoisotopic (exact) mass is 428 g/mol. The quantitative estimate of drug-likeness (QED) is 0.323. The number of rotatable bonds is 5. The fourth-order valence-corrected chi connectivity index (χ4v) is 2.51. The van der Waals surface area contributed by atoms with Gasteiger partial charge < -0.3 is 10.6 Å². The summed E-state index contributed by atoms with van der Waals surface area (Å²) in [6.07, 6.45) is 2.55. The van der Waals surface area contributed by atoms with Crippen LogP contribution in [0.25, 0.3) is 0 Å². The van der Waals surface area contributed by atoms with Crippen LogP contribution in [0.3, 0.4) is 0 Å². The average Bonchev–Trinajstić information content (AvgIpc) is 3.34. The van der Waals surface area contributed by atoms with Crippen LogP contribution in [0.2, 0.25) is 0 Å². The third-order valence-electron chi connectivity index (χ3n) is 3.98. The number of guanidine groups is 1. The Kier molecular flexibility index (Phi) is 5.97. The van der Waals surface area contributed by atoms with Gasteiger partial charge in [0.05, 0.1) is 11.1 Å². The van der Waals surface area contributed by atoms with E-state index >= 15 is 0 Å². The zero-order chi connectivity index (χ0) is 15.5. The highest BCUT2D eigenvalue weighted by Gasteiger charge is 2.34. The van der Waals surface area contributed by atoms with E-state index in [9.17, 15) is 9.59 Å². The number of benzene rings is 1. The van der Waals surface area contributed by atoms with E-state index in [1.165, 1.54) is 17.7 Å². The summed E-state index contributed by atoms with van der Waals surface area (Å²) in [5, 5.41) is 6.39. The van der Waals surface area contributed by atoms with Gasteiger partial charge in [-0.05, 0) is 30.9 Å². The average molecular weight is 428 g/mol. The Labute approximate surface area is 152 Å². The van der Waals surface area contributed by atoms with Gasteiger partial charge in [-0.3, -0.25) is 19.5 Å². The van der Waals surface area contributed by atoms with Gasteiger partial charge in [-0.1, -0.05) is 12.1 Å². The van der Waals surface area contributed by atoms with Crippen molar-refractivity contribution in [1.29, 1.82) is 0 Å². The molecule has 1 heterocycles. The van der Waals surface area contributed by atoms with Crippen molar-refractivity contribution in [1.82, 2.24) is 15.5 Å². The molecule has 23 heavy (non-hydrogen) atoms. The number of fused-ring (bicyclic) bond motifs is 1. The summed E-state index contributed by atoms with van der Waals surface area (Å²) >= 11 is 0. The molecule has 0 atom stereocenters. The van der Waals surface area contributed by atoms with Crippen molar-refractivity contribution >= 4 is 41.8 Å². The van der Waals surface area contributed by atoms with Crippen LogP contribution in [0.15, 0.2) is 29.3 Å². The zero-order valence-corrected chi connectivity index (χ0v) is 15.4. The molecule has 0 unspecified atom stereocenters. The fraction of sp³-hybridized carbons (Fsp3) is 0.438. The predicted molar refractivity (Wildman–Crippen MR) is 99.3 cm³/mol. The van der Waals surface area contributed by atoms with Gasteiger partial charge >= 0.3 is 0 Å². The lowest BCUT2D eigenvalue weighted by Crippen LogP contribution is -2.43. The number of amides is 2. The van der Waals surface area contributed by atoms with Crippen LogP contribution < -0.4 is 10.6 Å². The Bertz CT molecular complexity index is 593. The number of hydrogen-bond acceptors (Lipinski definition) is 3. The van der Waals surface area contributed by atoms with Crippen molar-refractivity contribution in [3.05, 3.63) is 35.4 Å². The molecule has 0 radical (unpaired) electrons. The van der Waals surface area contributed by atoms with Crippen molar-refractivity contribution in [3.63, 3.8) is 0 Å². The van der Waals surface area contributed by atoms with Crippen LogP contribution in [0.5, 0.6) is 0 Å². The van der Waals surface area contributed by atoms with Crippen molar-refractivity contribution in [2.75, 3.05) is 26.7 Å². The van der Waals surface area contributed by atoms with Crippen molar-refractivity contribution < 1.29 is 9.59 Å². The summed E-state index contributed by atoms with van der Waals surface area (Å²) in [4.78, 5) is 29.8. The molecular weight excluding hydrogens is 407 g/mol. The molecule has 1 saturated carbocycles. The minimum absolute atomic E-state index is 0. The van der Waals surface area contributed by atoms with E-state index in [-0.39, 0.29) is 35.8 Å². The smallest absolute Gasteiger partial charge is 0.261 e. The molecule has 1 aliphatic carbocycles. The van der Waals surface area contributed by atoms with E-state index in [0.717, 1.165) is 12.5 Å². The van der Waals surface area contributed by atoms with E-state index in [2.05, 4.69) is 15.6 Å². The molecule has 2 aliphatic rings. The van der Waals surface area contributed by atoms with Gasteiger partial charge in [-0.15, -0.1) is 24.0 Å². The molecule has 0 spiro atoms. The summed E-state index contributed by atoms with van der Waals surface area (Å²) < 4.78 is 0. The Morgan fingerprint density at radius 3 is 2.30 bits per heavy atom. The van der Waals surface area contributed by atoms with Crippen molar-refractivity contribution in [3.8, 4) is 0 Å². The maximum absolute atomic E-state index is 12.2. The minimum Gasteiger partial charge on any atom is -0.356 e. The van der Waals surface area contributed by atoms with E-state index in [1.54, 1.807) is 31.3 Å². The summed E-state index contributed by atoms with van der Waals surface area (Å²) in [5.41, 5.74) is 0.979. The molecule has 1 aromatic rings. The van der Waals surface area contributed by atoms with E-state index in [0.29, 0.717) is 30.2 Å². The lowest BCUT2D eigenvalue weighted by Gasteiger charge is -2.16. The van der Waals surface area contributed by atoms with Gasteiger partial charge in [0.15, 0.2) is 5.96 Å². The minimum atomic E-state index is -0.219. The molecule has 1 fully saturated rings. The molecule has 124 valence electrons. The first-order valence-corrected chi connectivity index (χ1v) is 7.60. The molecule has 2 amide bonds. The predicted octanol–water partition coefficient (Wildman–Crippen LogP) is 1.48. The Hall–Kier alpha value is -1.64. The molecule has 3 rings (SSSR count). The normalized spacial score (nSPS) is 16.9. The standard InChI is InChI=1S/C16H20N4O2.HI/c1-17-16(19-10-11-6-7-11)18-8-9-20-14(21)12-4-2-3-5-13(12)15(20)22;/h2-5,11H,6-10H2,1H3,(H2,17,18,19);1H. The fourth-order valence-electron chi connectivity index (χ4n) is 2.51. The lowest BCUT2D eigenvalue weighted by atomic mass is 10.1. The van der Waals surface area contributed by atoms with Crippen LogP contribution in [0, 0.1) is 5.92 Å². The number of aliphatic imine (C=N–C) groups is 1. The highest BCUT2D eigenvalue weighted by molar-refractivity contribution is 14.0. The van der Waals surface area contributed by atoms with Gasteiger partial charge in [0.1, 0.15) is 0 Å². The topological polar surface area (TPSA) is 73.8 Å². The number of carbonyl (C=O) groups is 2. The zero-order valence-electron chi connectivity index (χ0n) is 13.0. The second-order valence-corrected chi connectivity index (χ2v) is 5.63. The SMILES string of the molecule is CN=C(NCCN1C(=O)c2ccccc2C1=O)NCC1CC1.I. The number of nitrogens with zero attached hydrogens (tertiary/aromatic N) is 2. The Balaban J connectivity index is 0.00000192. The number of hydrogen-bond donors (Lipinski definition) is 2. The first kappa shape index (κ1) is 17.7. The summed E-state index contributed by atoms with van der Waals surface area (Å²) in [6.45, 7) is 1.74. The second kappa shape index (κ2) is 7.76. The molecule has 1 aromatic carbocycles. The van der Waals surface area contributed by atoms with E-state index in [4.69, 9.17) is 0 Å². The van der Waals surface area contributed by atoms with Crippen LogP contribution in [-0.2, 0) is 0 Å². The number of halogens is 1. The number of nitrogens with one attached hydrogen (secondary N) is 2. The van der Waals surface area contributed by atoms with Crippen LogP contribution in [0.4, 0.5) is 0 Å². The molecule has 0 bridgehead atoms. The van der Waals surface area contributed by atoms with E-state index < -0.39 is 0 Å². The molecule has 2 N–H and O–H groups in total. The van der Waals surface area contributed by atoms with Gasteiger partial charge in [0, 0.05) is 26.7 Å². The van der Waals surface area contributed by atoms with Crippen molar-refractivity contribution in [2.45, 2.75) is 12.8 Å². The number of imide groups is 1. The third kappa shape index (κ3) is 4.01. The van der Waals surface area contributed by atoms with Crippen LogP contribution >= 0.6 is 24.0 Å². The molecule has 0 aromatic heterocycles. The summed E-state index contributed by atoms with van der Waals surface area (Å²) in [5.74, 6) is 1.03. The molecule has 1 aliphatic heterocycles. The highest BCUT2D eigenvalue weighted by atomic mass is 127. The Morgan fingerprint density at radius 1 is 1.17 bits per heavy atom. The highest BCUT2D eigenvalue weighted by Crippen LogP contribution is 2.27. The largest absolute Gasteiger partial charge is 0.356 e. The molecular formula is C16H21IN4O2. The van der Waals surface area contributed by atoms with Gasteiger partial charge in [-0.2, -0.15) is 0 Å². The van der Waals surface area contributed by atoms with E-state index in [1.807, 2.05) is 0 Å². The second-order valence-electron chi connectivity index (χ2n) is 5.63. The lowest BCUT2D eigenvalue weighted by molar-refractivity contribution is 0.0657. The van der Waals surface area contributed by atoms with Crippen LogP contribution in [-0.4, -0.2) is 49.4 Å². The van der Waals surface area contributed by atoms with Crippen molar-refractivity contribution in [2.24, 2.45) is 10.9 Å².